The Morgan fingerprint density at radius 1 is 1.45 bits per heavy atom. The van der Waals surface area contributed by atoms with E-state index in [4.69, 9.17) is 5.11 Å². The fourth-order valence-corrected chi connectivity index (χ4v) is 2.27. The minimum atomic E-state index is -0.679. The largest absolute Gasteiger partial charge is 0.467 e. The van der Waals surface area contributed by atoms with Crippen LogP contribution < -0.4 is 5.32 Å². The molecule has 2 N–H and O–H groups in total. The highest BCUT2D eigenvalue weighted by Gasteiger charge is 2.25. The van der Waals surface area contributed by atoms with E-state index in [1.54, 1.807) is 12.1 Å². The fraction of sp³-hybridized carbons (Fsp3) is 0.429. The minimum Gasteiger partial charge on any atom is -0.467 e. The molecule has 1 aromatic heterocycles. The van der Waals surface area contributed by atoms with Crippen LogP contribution >= 0.6 is 11.3 Å². The van der Waals surface area contributed by atoms with E-state index >= 15 is 0 Å². The van der Waals surface area contributed by atoms with Gasteiger partial charge in [-0.3, -0.25) is 4.79 Å². The quantitative estimate of drug-likeness (QED) is 0.642. The molecule has 20 heavy (non-hydrogen) atoms. The number of hydrogen-bond acceptors (Lipinski definition) is 5. The lowest BCUT2D eigenvalue weighted by atomic mass is 10.0. The molecule has 0 aliphatic heterocycles. The van der Waals surface area contributed by atoms with E-state index < -0.39 is 12.0 Å². The lowest BCUT2D eigenvalue weighted by Crippen LogP contribution is -2.44. The number of hydrogen-bond donors (Lipinski definition) is 2. The van der Waals surface area contributed by atoms with Crippen molar-refractivity contribution in [1.29, 1.82) is 0 Å². The van der Waals surface area contributed by atoms with Gasteiger partial charge < -0.3 is 15.2 Å². The predicted molar refractivity (Wildman–Crippen MR) is 76.4 cm³/mol. The van der Waals surface area contributed by atoms with Crippen LogP contribution in [0.4, 0.5) is 0 Å². The van der Waals surface area contributed by atoms with Crippen molar-refractivity contribution in [3.8, 4) is 11.8 Å². The van der Waals surface area contributed by atoms with Gasteiger partial charge in [-0.15, -0.1) is 11.3 Å². The summed E-state index contributed by atoms with van der Waals surface area (Å²) in [4.78, 5) is 24.8. The van der Waals surface area contributed by atoms with Crippen LogP contribution in [0.5, 0.6) is 0 Å². The summed E-state index contributed by atoms with van der Waals surface area (Å²) in [5.74, 6) is 4.37. The van der Waals surface area contributed by atoms with Gasteiger partial charge in [0.15, 0.2) is 0 Å². The Balaban J connectivity index is 2.79. The number of rotatable bonds is 4. The Morgan fingerprint density at radius 3 is 2.70 bits per heavy atom. The standard InChI is InChI=1S/C14H17NO4S/c1-9(2)12(14(18)19-3)15-13(17)11-7-6-10(20-11)5-4-8-16/h6-7,9,12,16H,8H2,1-3H3,(H,15,17). The molecule has 108 valence electrons. The zero-order valence-electron chi connectivity index (χ0n) is 11.6. The van der Waals surface area contributed by atoms with E-state index in [-0.39, 0.29) is 18.4 Å². The third-order valence-electron chi connectivity index (χ3n) is 2.53. The van der Waals surface area contributed by atoms with E-state index in [2.05, 4.69) is 21.9 Å². The second kappa shape index (κ2) is 7.68. The van der Waals surface area contributed by atoms with Gasteiger partial charge in [-0.2, -0.15) is 0 Å². The molecule has 5 nitrogen and oxygen atoms in total. The van der Waals surface area contributed by atoms with Gasteiger partial charge in [0.05, 0.1) is 16.9 Å². The molecule has 1 amide bonds. The summed E-state index contributed by atoms with van der Waals surface area (Å²) in [7, 11) is 1.29. The average molecular weight is 295 g/mol. The van der Waals surface area contributed by atoms with Crippen LogP contribution in [0, 0.1) is 17.8 Å². The number of amides is 1. The van der Waals surface area contributed by atoms with Crippen molar-refractivity contribution in [2.75, 3.05) is 13.7 Å². The highest BCUT2D eigenvalue weighted by molar-refractivity contribution is 7.14. The number of carbonyl (C=O) groups is 2. The van der Waals surface area contributed by atoms with Crippen LogP contribution in [0.25, 0.3) is 0 Å². The molecule has 0 aliphatic rings. The first-order valence-electron chi connectivity index (χ1n) is 6.07. The number of nitrogens with one attached hydrogen (secondary N) is 1. The molecule has 1 rings (SSSR count). The molecule has 1 aromatic rings. The summed E-state index contributed by atoms with van der Waals surface area (Å²) < 4.78 is 4.67. The first-order valence-corrected chi connectivity index (χ1v) is 6.89. The van der Waals surface area contributed by atoms with Crippen molar-refractivity contribution in [1.82, 2.24) is 5.32 Å². The Kier molecular flexibility index (Phi) is 6.22. The Labute approximate surface area is 122 Å². The molecule has 0 fully saturated rings. The highest BCUT2D eigenvalue weighted by atomic mass is 32.1. The summed E-state index contributed by atoms with van der Waals surface area (Å²) in [5.41, 5.74) is 0. The van der Waals surface area contributed by atoms with Crippen LogP contribution in [0.1, 0.15) is 28.4 Å². The third-order valence-corrected chi connectivity index (χ3v) is 3.53. The Morgan fingerprint density at radius 2 is 2.15 bits per heavy atom. The SMILES string of the molecule is COC(=O)C(NC(=O)c1ccc(C#CCO)s1)C(C)C. The zero-order valence-corrected chi connectivity index (χ0v) is 12.4. The maximum Gasteiger partial charge on any atom is 0.328 e. The van der Waals surface area contributed by atoms with E-state index in [0.717, 1.165) is 0 Å². The first kappa shape index (κ1) is 16.2. The van der Waals surface area contributed by atoms with Gasteiger partial charge in [-0.05, 0) is 18.1 Å². The summed E-state index contributed by atoms with van der Waals surface area (Å²) in [6, 6.07) is 2.66. The topological polar surface area (TPSA) is 75.6 Å². The summed E-state index contributed by atoms with van der Waals surface area (Å²) in [6.45, 7) is 3.43. The minimum absolute atomic E-state index is 0.0694. The second-order valence-electron chi connectivity index (χ2n) is 4.34. The molecule has 1 unspecified atom stereocenters. The molecule has 0 spiro atoms. The summed E-state index contributed by atoms with van der Waals surface area (Å²) in [5, 5.41) is 11.3. The second-order valence-corrected chi connectivity index (χ2v) is 5.43. The maximum atomic E-state index is 12.1. The lowest BCUT2D eigenvalue weighted by Gasteiger charge is -2.19. The number of esters is 1. The number of ether oxygens (including phenoxy) is 1. The number of aliphatic hydroxyl groups is 1. The first-order chi connectivity index (χ1) is 9.49. The van der Waals surface area contributed by atoms with E-state index in [9.17, 15) is 9.59 Å². The van der Waals surface area contributed by atoms with Crippen molar-refractivity contribution >= 4 is 23.2 Å². The molecular weight excluding hydrogens is 278 g/mol. The van der Waals surface area contributed by atoms with Crippen molar-refractivity contribution in [3.05, 3.63) is 21.9 Å². The van der Waals surface area contributed by atoms with Crippen LogP contribution in [-0.4, -0.2) is 36.7 Å². The van der Waals surface area contributed by atoms with E-state index in [0.29, 0.717) is 9.75 Å². The van der Waals surface area contributed by atoms with Gasteiger partial charge in [-0.1, -0.05) is 25.7 Å². The van der Waals surface area contributed by atoms with Gasteiger partial charge in [-0.25, -0.2) is 4.79 Å². The molecule has 0 bridgehead atoms. The zero-order chi connectivity index (χ0) is 15.1. The normalized spacial score (nSPS) is 11.4. The molecule has 0 aromatic carbocycles. The van der Waals surface area contributed by atoms with Crippen LogP contribution in [0.2, 0.25) is 0 Å². The van der Waals surface area contributed by atoms with E-state index in [1.807, 2.05) is 13.8 Å². The summed E-state index contributed by atoms with van der Waals surface area (Å²) in [6.07, 6.45) is 0. The molecular formula is C14H17NO4S. The fourth-order valence-electron chi connectivity index (χ4n) is 1.49. The Hall–Kier alpha value is -1.84. The van der Waals surface area contributed by atoms with Gasteiger partial charge in [0.2, 0.25) is 0 Å². The Bertz CT molecular complexity index is 539. The molecule has 1 heterocycles. The highest BCUT2D eigenvalue weighted by Crippen LogP contribution is 2.16. The smallest absolute Gasteiger partial charge is 0.328 e. The van der Waals surface area contributed by atoms with Crippen molar-refractivity contribution in [3.63, 3.8) is 0 Å². The van der Waals surface area contributed by atoms with Crippen molar-refractivity contribution in [2.45, 2.75) is 19.9 Å². The molecule has 1 atom stereocenters. The lowest BCUT2D eigenvalue weighted by molar-refractivity contribution is -0.144. The molecule has 0 radical (unpaired) electrons. The van der Waals surface area contributed by atoms with Gasteiger partial charge >= 0.3 is 5.97 Å². The molecule has 0 saturated carbocycles. The third kappa shape index (κ3) is 4.37. The number of carbonyl (C=O) groups excluding carboxylic acids is 2. The predicted octanol–water partition coefficient (Wildman–Crippen LogP) is 1.02. The van der Waals surface area contributed by atoms with Crippen molar-refractivity contribution in [2.24, 2.45) is 5.92 Å². The van der Waals surface area contributed by atoms with Crippen LogP contribution in [-0.2, 0) is 9.53 Å². The monoisotopic (exact) mass is 295 g/mol. The van der Waals surface area contributed by atoms with Crippen LogP contribution in [0.3, 0.4) is 0 Å². The van der Waals surface area contributed by atoms with Crippen molar-refractivity contribution < 1.29 is 19.4 Å². The summed E-state index contributed by atoms with van der Waals surface area (Å²) >= 11 is 1.21. The maximum absolute atomic E-state index is 12.1. The number of aliphatic hydroxyl groups excluding tert-OH is 1. The number of methoxy groups -OCH3 is 1. The molecule has 6 heteroatoms. The molecule has 0 saturated heterocycles. The van der Waals surface area contributed by atoms with E-state index in [1.165, 1.54) is 18.4 Å². The molecule has 0 aliphatic carbocycles. The van der Waals surface area contributed by atoms with Gasteiger partial charge in [0.25, 0.3) is 5.91 Å². The van der Waals surface area contributed by atoms with Gasteiger partial charge in [0, 0.05) is 0 Å². The van der Waals surface area contributed by atoms with Gasteiger partial charge in [0.1, 0.15) is 12.6 Å². The average Bonchev–Trinajstić information content (AvgIpc) is 2.89. The van der Waals surface area contributed by atoms with Crippen LogP contribution in [0.15, 0.2) is 12.1 Å². The number of thiophene rings is 1.